The Bertz CT molecular complexity index is 1460. The van der Waals surface area contributed by atoms with E-state index in [-0.39, 0.29) is 29.1 Å². The van der Waals surface area contributed by atoms with Crippen LogP contribution in [0.1, 0.15) is 44.7 Å². The summed E-state index contributed by atoms with van der Waals surface area (Å²) in [7, 11) is -1.21. The fourth-order valence-electron chi connectivity index (χ4n) is 4.51. The van der Waals surface area contributed by atoms with Crippen molar-refractivity contribution in [1.82, 2.24) is 10.2 Å². The molecule has 0 aliphatic rings. The van der Waals surface area contributed by atoms with Crippen LogP contribution in [0, 0.1) is 6.92 Å². The molecule has 0 aromatic heterocycles. The molecule has 3 aromatic carbocycles. The Labute approximate surface area is 249 Å². The number of nitrogens with one attached hydrogen (secondary N) is 1. The molecule has 0 saturated heterocycles. The van der Waals surface area contributed by atoms with Gasteiger partial charge in [0.05, 0.1) is 24.8 Å². The minimum absolute atomic E-state index is 0.0349. The maximum absolute atomic E-state index is 14.2. The quantitative estimate of drug-likeness (QED) is 0.283. The van der Waals surface area contributed by atoms with Crippen LogP contribution in [0.3, 0.4) is 0 Å². The van der Waals surface area contributed by atoms with Gasteiger partial charge in [0.1, 0.15) is 24.1 Å². The summed E-state index contributed by atoms with van der Waals surface area (Å²) in [5.41, 5.74) is 1.85. The summed E-state index contributed by atoms with van der Waals surface area (Å²) >= 11 is 0. The predicted molar refractivity (Wildman–Crippen MR) is 164 cm³/mol. The van der Waals surface area contributed by atoms with E-state index >= 15 is 0 Å². The number of benzene rings is 3. The molecule has 0 bridgehead atoms. The minimum atomic E-state index is -4.21. The summed E-state index contributed by atoms with van der Waals surface area (Å²) in [5, 5.41) is 2.98. The van der Waals surface area contributed by atoms with E-state index in [0.717, 1.165) is 21.9 Å². The SMILES string of the molecule is CC[C@@H](C)NC(=O)[C@H](CC)N(Cc1cccc(OC)c1)C(=O)CN(c1ccccc1OC)S(=O)(=O)c1ccc(C)cc1. The Morgan fingerprint density at radius 1 is 0.905 bits per heavy atom. The standard InChI is InChI=1S/C32H41N3O6S/c1-7-24(4)33-32(37)28(8-2)34(21-25-12-11-13-26(20-25)40-5)31(36)22-35(29-14-9-10-15-30(29)41-6)42(38,39)27-18-16-23(3)17-19-27/h9-20,24,28H,7-8,21-22H2,1-6H3,(H,33,37)/t24-,28+/m1/s1. The van der Waals surface area contributed by atoms with Crippen LogP contribution < -0.4 is 19.1 Å². The van der Waals surface area contributed by atoms with Gasteiger partial charge in [-0.1, -0.05) is 55.8 Å². The number of carbonyl (C=O) groups excluding carboxylic acids is 2. The Balaban J connectivity index is 2.11. The topological polar surface area (TPSA) is 105 Å². The number of aryl methyl sites for hydroxylation is 1. The van der Waals surface area contributed by atoms with Gasteiger partial charge in [-0.05, 0) is 68.7 Å². The number of anilines is 1. The number of rotatable bonds is 14. The molecule has 0 unspecified atom stereocenters. The average molecular weight is 596 g/mol. The third kappa shape index (κ3) is 7.82. The number of hydrogen-bond donors (Lipinski definition) is 1. The summed E-state index contributed by atoms with van der Waals surface area (Å²) < 4.78 is 40.1. The van der Waals surface area contributed by atoms with Crippen LogP contribution in [-0.2, 0) is 26.2 Å². The maximum Gasteiger partial charge on any atom is 0.264 e. The van der Waals surface area contributed by atoms with E-state index in [1.807, 2.05) is 33.8 Å². The second-order valence-corrected chi connectivity index (χ2v) is 12.0. The molecule has 2 atom stereocenters. The van der Waals surface area contributed by atoms with E-state index in [2.05, 4.69) is 5.32 Å². The van der Waals surface area contributed by atoms with Crippen LogP contribution in [0.2, 0.25) is 0 Å². The fourth-order valence-corrected chi connectivity index (χ4v) is 5.94. The van der Waals surface area contributed by atoms with Crippen LogP contribution >= 0.6 is 0 Å². The van der Waals surface area contributed by atoms with Crippen LogP contribution in [0.15, 0.2) is 77.7 Å². The number of ether oxygens (including phenoxy) is 2. The molecule has 0 heterocycles. The summed E-state index contributed by atoms with van der Waals surface area (Å²) in [5.74, 6) is 0.0652. The molecule has 0 saturated carbocycles. The molecule has 0 aliphatic carbocycles. The number of sulfonamides is 1. The highest BCUT2D eigenvalue weighted by Gasteiger charge is 2.35. The number of para-hydroxylation sites is 2. The van der Waals surface area contributed by atoms with Crippen LogP contribution in [-0.4, -0.2) is 58.0 Å². The van der Waals surface area contributed by atoms with E-state index < -0.39 is 28.5 Å². The molecule has 42 heavy (non-hydrogen) atoms. The van der Waals surface area contributed by atoms with Gasteiger partial charge < -0.3 is 19.7 Å². The number of carbonyl (C=O) groups is 2. The zero-order valence-electron chi connectivity index (χ0n) is 25.2. The van der Waals surface area contributed by atoms with Gasteiger partial charge in [-0.2, -0.15) is 0 Å². The van der Waals surface area contributed by atoms with Crippen molar-refractivity contribution in [3.05, 3.63) is 83.9 Å². The zero-order valence-corrected chi connectivity index (χ0v) is 26.0. The lowest BCUT2D eigenvalue weighted by molar-refractivity contribution is -0.140. The smallest absolute Gasteiger partial charge is 0.264 e. The molecule has 3 aromatic rings. The van der Waals surface area contributed by atoms with Crippen LogP contribution in [0.5, 0.6) is 11.5 Å². The molecular weight excluding hydrogens is 554 g/mol. The lowest BCUT2D eigenvalue weighted by Gasteiger charge is -2.34. The molecule has 3 rings (SSSR count). The Morgan fingerprint density at radius 2 is 1.60 bits per heavy atom. The number of hydrogen-bond acceptors (Lipinski definition) is 6. The van der Waals surface area contributed by atoms with Gasteiger partial charge in [-0.3, -0.25) is 13.9 Å². The number of methoxy groups -OCH3 is 2. The van der Waals surface area contributed by atoms with Gasteiger partial charge in [0.25, 0.3) is 10.0 Å². The zero-order chi connectivity index (χ0) is 30.9. The molecule has 9 nitrogen and oxygen atoms in total. The first-order valence-electron chi connectivity index (χ1n) is 14.0. The highest BCUT2D eigenvalue weighted by atomic mass is 32.2. The maximum atomic E-state index is 14.2. The van der Waals surface area contributed by atoms with Gasteiger partial charge in [0.15, 0.2) is 0 Å². The van der Waals surface area contributed by atoms with E-state index in [0.29, 0.717) is 17.9 Å². The number of amides is 2. The summed E-state index contributed by atoms with van der Waals surface area (Å²) in [4.78, 5) is 29.2. The molecule has 0 radical (unpaired) electrons. The first-order valence-corrected chi connectivity index (χ1v) is 15.4. The van der Waals surface area contributed by atoms with Crippen molar-refractivity contribution in [3.63, 3.8) is 0 Å². The van der Waals surface area contributed by atoms with Gasteiger partial charge in [0, 0.05) is 12.6 Å². The van der Waals surface area contributed by atoms with Crippen LogP contribution in [0.4, 0.5) is 5.69 Å². The normalized spacial score (nSPS) is 12.6. The molecule has 0 spiro atoms. The minimum Gasteiger partial charge on any atom is -0.497 e. The first-order chi connectivity index (χ1) is 20.0. The summed E-state index contributed by atoms with van der Waals surface area (Å²) in [6.07, 6.45) is 1.06. The number of nitrogens with zero attached hydrogens (tertiary/aromatic N) is 2. The van der Waals surface area contributed by atoms with Crippen molar-refractivity contribution in [2.24, 2.45) is 0 Å². The van der Waals surface area contributed by atoms with E-state index in [9.17, 15) is 18.0 Å². The molecule has 226 valence electrons. The third-order valence-corrected chi connectivity index (χ3v) is 8.89. The van der Waals surface area contributed by atoms with Gasteiger partial charge in [0.2, 0.25) is 11.8 Å². The van der Waals surface area contributed by atoms with Crippen molar-refractivity contribution >= 4 is 27.5 Å². The highest BCUT2D eigenvalue weighted by Crippen LogP contribution is 2.32. The first kappa shape index (κ1) is 32.5. The Kier molecular flexibility index (Phi) is 11.4. The van der Waals surface area contributed by atoms with Crippen molar-refractivity contribution < 1.29 is 27.5 Å². The van der Waals surface area contributed by atoms with Crippen LogP contribution in [0.25, 0.3) is 0 Å². The predicted octanol–water partition coefficient (Wildman–Crippen LogP) is 4.93. The van der Waals surface area contributed by atoms with Crippen molar-refractivity contribution in [1.29, 1.82) is 0 Å². The Morgan fingerprint density at radius 3 is 2.21 bits per heavy atom. The summed E-state index contributed by atoms with van der Waals surface area (Å²) in [6.45, 7) is 7.08. The largest absolute Gasteiger partial charge is 0.497 e. The van der Waals surface area contributed by atoms with Crippen molar-refractivity contribution in [2.75, 3.05) is 25.1 Å². The molecule has 1 N–H and O–H groups in total. The van der Waals surface area contributed by atoms with E-state index in [4.69, 9.17) is 9.47 Å². The molecular formula is C32H41N3O6S. The van der Waals surface area contributed by atoms with E-state index in [1.54, 1.807) is 61.7 Å². The van der Waals surface area contributed by atoms with E-state index in [1.165, 1.54) is 24.1 Å². The van der Waals surface area contributed by atoms with Gasteiger partial charge >= 0.3 is 0 Å². The van der Waals surface area contributed by atoms with Gasteiger partial charge in [-0.25, -0.2) is 8.42 Å². The lowest BCUT2D eigenvalue weighted by atomic mass is 10.1. The summed E-state index contributed by atoms with van der Waals surface area (Å²) in [6, 6.07) is 19.4. The molecule has 0 aliphatic heterocycles. The highest BCUT2D eigenvalue weighted by molar-refractivity contribution is 7.92. The Hall–Kier alpha value is -4.05. The average Bonchev–Trinajstić information content (AvgIpc) is 2.99. The van der Waals surface area contributed by atoms with Crippen molar-refractivity contribution in [2.45, 2.75) is 64.1 Å². The molecule has 2 amide bonds. The molecule has 10 heteroatoms. The second-order valence-electron chi connectivity index (χ2n) is 10.1. The lowest BCUT2D eigenvalue weighted by Crippen LogP contribution is -2.53. The fraction of sp³-hybridized carbons (Fsp3) is 0.375. The van der Waals surface area contributed by atoms with Crippen molar-refractivity contribution in [3.8, 4) is 11.5 Å². The third-order valence-electron chi connectivity index (χ3n) is 7.12. The monoisotopic (exact) mass is 595 g/mol. The second kappa shape index (κ2) is 14.7. The molecule has 0 fully saturated rings. The van der Waals surface area contributed by atoms with Gasteiger partial charge in [-0.15, -0.1) is 0 Å².